The molecule has 0 radical (unpaired) electrons. The normalized spacial score (nSPS) is 26.3. The fourth-order valence-corrected chi connectivity index (χ4v) is 3.07. The Hall–Kier alpha value is -1.79. The van der Waals surface area contributed by atoms with E-state index in [-0.39, 0.29) is 18.0 Å². The minimum absolute atomic E-state index is 0.0216. The van der Waals surface area contributed by atoms with Crippen molar-refractivity contribution in [3.8, 4) is 0 Å². The van der Waals surface area contributed by atoms with Crippen LogP contribution < -0.4 is 5.32 Å². The Morgan fingerprint density at radius 2 is 1.57 bits per heavy atom. The van der Waals surface area contributed by atoms with Gasteiger partial charge >= 0.3 is 12.0 Å². The molecule has 0 spiro atoms. The maximum Gasteiger partial charge on any atom is 0.317 e. The Morgan fingerprint density at radius 1 is 1.00 bits per heavy atom. The molecule has 2 N–H and O–H groups in total. The summed E-state index contributed by atoms with van der Waals surface area (Å²) in [5.74, 6) is -1.30. The van der Waals surface area contributed by atoms with Crippen molar-refractivity contribution in [2.75, 3.05) is 26.2 Å². The van der Waals surface area contributed by atoms with Crippen molar-refractivity contribution in [3.05, 3.63) is 0 Å². The zero-order valence-electron chi connectivity index (χ0n) is 12.4. The van der Waals surface area contributed by atoms with Crippen molar-refractivity contribution in [1.82, 2.24) is 15.1 Å². The molecule has 3 amide bonds. The number of carboxylic acids is 1. The number of amides is 3. The van der Waals surface area contributed by atoms with Gasteiger partial charge in [-0.25, -0.2) is 4.79 Å². The average Bonchev–Trinajstić information content (AvgIpc) is 2.47. The summed E-state index contributed by atoms with van der Waals surface area (Å²) in [7, 11) is 0. The van der Waals surface area contributed by atoms with Crippen molar-refractivity contribution in [2.24, 2.45) is 5.92 Å². The highest BCUT2D eigenvalue weighted by molar-refractivity contribution is 5.78. The average molecular weight is 297 g/mol. The first kappa shape index (κ1) is 15.6. The van der Waals surface area contributed by atoms with E-state index in [1.807, 2.05) is 0 Å². The Morgan fingerprint density at radius 3 is 2.14 bits per heavy atom. The van der Waals surface area contributed by atoms with Crippen LogP contribution in [0.4, 0.5) is 4.79 Å². The highest BCUT2D eigenvalue weighted by Gasteiger charge is 2.33. The summed E-state index contributed by atoms with van der Waals surface area (Å²) in [6, 6.07) is -0.495. The molecular weight excluding hydrogens is 274 g/mol. The number of carbonyl (C=O) groups is 3. The van der Waals surface area contributed by atoms with E-state index in [1.165, 1.54) is 6.92 Å². The van der Waals surface area contributed by atoms with Crippen LogP contribution in [0.5, 0.6) is 0 Å². The third kappa shape index (κ3) is 3.86. The van der Waals surface area contributed by atoms with Crippen LogP contribution in [0.25, 0.3) is 0 Å². The van der Waals surface area contributed by atoms with E-state index in [0.29, 0.717) is 32.6 Å². The van der Waals surface area contributed by atoms with E-state index in [9.17, 15) is 19.5 Å². The highest BCUT2D eigenvalue weighted by Crippen LogP contribution is 2.24. The van der Waals surface area contributed by atoms with Gasteiger partial charge in [0.05, 0.1) is 5.92 Å². The number of hydrogen-bond donors (Lipinski definition) is 2. The fourth-order valence-electron chi connectivity index (χ4n) is 3.07. The number of rotatable bonds is 2. The van der Waals surface area contributed by atoms with Crippen molar-refractivity contribution < 1.29 is 19.5 Å². The molecule has 0 aromatic heterocycles. The molecule has 1 heterocycles. The van der Waals surface area contributed by atoms with Crippen molar-refractivity contribution in [2.45, 2.75) is 38.6 Å². The maximum atomic E-state index is 12.2. The standard InChI is InChI=1S/C14H23N3O4/c1-10(18)16-6-8-17(9-7-16)14(21)15-12-5-3-2-4-11(12)13(19)20/h11-12H,2-9H2,1H3,(H,15,21)(H,19,20). The first-order chi connectivity index (χ1) is 9.99. The minimum atomic E-state index is -0.832. The molecular formula is C14H23N3O4. The van der Waals surface area contributed by atoms with Gasteiger partial charge in [-0.3, -0.25) is 9.59 Å². The predicted molar refractivity (Wildman–Crippen MR) is 75.7 cm³/mol. The number of nitrogens with zero attached hydrogens (tertiary/aromatic N) is 2. The fraction of sp³-hybridized carbons (Fsp3) is 0.786. The number of aliphatic carboxylic acids is 1. The number of carboxylic acid groups (broad SMARTS) is 1. The van der Waals surface area contributed by atoms with Crippen LogP contribution in [-0.2, 0) is 9.59 Å². The van der Waals surface area contributed by atoms with E-state index < -0.39 is 11.9 Å². The third-order valence-corrected chi connectivity index (χ3v) is 4.40. The molecule has 118 valence electrons. The number of urea groups is 1. The van der Waals surface area contributed by atoms with Gasteiger partial charge in [0.2, 0.25) is 5.91 Å². The number of piperazine rings is 1. The molecule has 2 fully saturated rings. The molecule has 0 bridgehead atoms. The molecule has 2 unspecified atom stereocenters. The Bertz CT molecular complexity index is 418. The van der Waals surface area contributed by atoms with Gasteiger partial charge < -0.3 is 20.2 Å². The zero-order valence-corrected chi connectivity index (χ0v) is 12.4. The molecule has 1 saturated carbocycles. The molecule has 7 heteroatoms. The molecule has 21 heavy (non-hydrogen) atoms. The SMILES string of the molecule is CC(=O)N1CCN(C(=O)NC2CCCCC2C(=O)O)CC1. The van der Waals surface area contributed by atoms with Gasteiger partial charge in [0, 0.05) is 39.1 Å². The van der Waals surface area contributed by atoms with E-state index >= 15 is 0 Å². The van der Waals surface area contributed by atoms with Crippen LogP contribution in [0.1, 0.15) is 32.6 Å². The van der Waals surface area contributed by atoms with Crippen LogP contribution in [-0.4, -0.2) is 65.0 Å². The lowest BCUT2D eigenvalue weighted by molar-refractivity contribution is -0.143. The Labute approximate surface area is 124 Å². The smallest absolute Gasteiger partial charge is 0.317 e. The van der Waals surface area contributed by atoms with Crippen LogP contribution in [0.15, 0.2) is 0 Å². The quantitative estimate of drug-likeness (QED) is 0.777. The van der Waals surface area contributed by atoms with Gasteiger partial charge in [0.15, 0.2) is 0 Å². The molecule has 7 nitrogen and oxygen atoms in total. The molecule has 1 saturated heterocycles. The van der Waals surface area contributed by atoms with Crippen LogP contribution in [0.2, 0.25) is 0 Å². The van der Waals surface area contributed by atoms with Crippen LogP contribution in [0, 0.1) is 5.92 Å². The highest BCUT2D eigenvalue weighted by atomic mass is 16.4. The first-order valence-electron chi connectivity index (χ1n) is 7.53. The summed E-state index contributed by atoms with van der Waals surface area (Å²) in [5.41, 5.74) is 0. The molecule has 2 atom stereocenters. The number of hydrogen-bond acceptors (Lipinski definition) is 3. The van der Waals surface area contributed by atoms with Crippen molar-refractivity contribution in [1.29, 1.82) is 0 Å². The predicted octanol–water partition coefficient (Wildman–Crippen LogP) is 0.504. The topological polar surface area (TPSA) is 90.0 Å². The second-order valence-corrected chi connectivity index (χ2v) is 5.78. The van der Waals surface area contributed by atoms with Gasteiger partial charge in [-0.05, 0) is 12.8 Å². The summed E-state index contributed by atoms with van der Waals surface area (Å²) in [4.78, 5) is 38.1. The lowest BCUT2D eigenvalue weighted by atomic mass is 9.84. The molecule has 2 aliphatic rings. The summed E-state index contributed by atoms with van der Waals surface area (Å²) in [5, 5.41) is 12.1. The van der Waals surface area contributed by atoms with E-state index in [4.69, 9.17) is 0 Å². The van der Waals surface area contributed by atoms with Crippen molar-refractivity contribution >= 4 is 17.9 Å². The molecule has 1 aliphatic carbocycles. The van der Waals surface area contributed by atoms with Gasteiger partial charge in [-0.15, -0.1) is 0 Å². The summed E-state index contributed by atoms with van der Waals surface area (Å²) in [6.45, 7) is 3.59. The van der Waals surface area contributed by atoms with Crippen LogP contribution in [0.3, 0.4) is 0 Å². The second-order valence-electron chi connectivity index (χ2n) is 5.78. The van der Waals surface area contributed by atoms with Crippen molar-refractivity contribution in [3.63, 3.8) is 0 Å². The molecule has 1 aliphatic heterocycles. The summed E-state index contributed by atoms with van der Waals surface area (Å²) in [6.07, 6.45) is 3.20. The van der Waals surface area contributed by atoms with Crippen LogP contribution >= 0.6 is 0 Å². The summed E-state index contributed by atoms with van der Waals surface area (Å²) >= 11 is 0. The van der Waals surface area contributed by atoms with Gasteiger partial charge in [-0.1, -0.05) is 12.8 Å². The minimum Gasteiger partial charge on any atom is -0.481 e. The lowest BCUT2D eigenvalue weighted by Gasteiger charge is -2.36. The lowest BCUT2D eigenvalue weighted by Crippen LogP contribution is -2.56. The van der Waals surface area contributed by atoms with Gasteiger partial charge in [-0.2, -0.15) is 0 Å². The van der Waals surface area contributed by atoms with E-state index in [2.05, 4.69) is 5.32 Å². The molecule has 0 aromatic rings. The maximum absolute atomic E-state index is 12.2. The van der Waals surface area contributed by atoms with Gasteiger partial charge in [0.25, 0.3) is 0 Å². The monoisotopic (exact) mass is 297 g/mol. The first-order valence-corrected chi connectivity index (χ1v) is 7.53. The Balaban J connectivity index is 1.86. The number of carbonyl (C=O) groups excluding carboxylic acids is 2. The third-order valence-electron chi connectivity index (χ3n) is 4.40. The second kappa shape index (κ2) is 6.78. The Kier molecular flexibility index (Phi) is 5.03. The summed E-state index contributed by atoms with van der Waals surface area (Å²) < 4.78 is 0. The zero-order chi connectivity index (χ0) is 15.4. The largest absolute Gasteiger partial charge is 0.481 e. The number of nitrogens with one attached hydrogen (secondary N) is 1. The van der Waals surface area contributed by atoms with Gasteiger partial charge in [0.1, 0.15) is 0 Å². The van der Waals surface area contributed by atoms with E-state index in [0.717, 1.165) is 19.3 Å². The van der Waals surface area contributed by atoms with E-state index in [1.54, 1.807) is 9.80 Å². The molecule has 0 aromatic carbocycles. The molecule has 2 rings (SSSR count).